The van der Waals surface area contributed by atoms with Crippen LogP contribution in [0.2, 0.25) is 0 Å². The molecule has 3 aliphatic rings. The summed E-state index contributed by atoms with van der Waals surface area (Å²) < 4.78 is 5.19. The molecule has 0 amide bonds. The summed E-state index contributed by atoms with van der Waals surface area (Å²) in [7, 11) is 0. The minimum absolute atomic E-state index is 0.0939. The normalized spacial score (nSPS) is 13.8. The lowest BCUT2D eigenvalue weighted by Gasteiger charge is -2.47. The van der Waals surface area contributed by atoms with Crippen molar-refractivity contribution in [3.05, 3.63) is 401 Å². The van der Waals surface area contributed by atoms with E-state index >= 15 is 0 Å². The summed E-state index contributed by atoms with van der Waals surface area (Å²) in [4.78, 5) is 5.60. The molecule has 21 rings (SSSR count). The molecule has 0 saturated carbocycles. The van der Waals surface area contributed by atoms with Gasteiger partial charge in [-0.1, -0.05) is 361 Å². The van der Waals surface area contributed by atoms with Crippen LogP contribution in [0.25, 0.3) is 111 Å². The van der Waals surface area contributed by atoms with Gasteiger partial charge in [-0.2, -0.15) is 0 Å². The maximum Gasteiger partial charge on any atom is 0.252 e. The average molecular weight is 1630 g/mol. The summed E-state index contributed by atoms with van der Waals surface area (Å²) in [6, 6.07) is 136. The smallest absolute Gasteiger partial charge is 0.252 e. The Balaban J connectivity index is 0.996. The summed E-state index contributed by atoms with van der Waals surface area (Å²) in [5, 5.41) is 5.01. The van der Waals surface area contributed by atoms with Crippen LogP contribution in [0, 0.1) is 0 Å². The highest BCUT2D eigenvalue weighted by Gasteiger charge is 2.51. The van der Waals surface area contributed by atoms with Crippen molar-refractivity contribution >= 4 is 101 Å². The van der Waals surface area contributed by atoms with Crippen LogP contribution in [-0.4, -0.2) is 15.8 Å². The third-order valence-electron chi connectivity index (χ3n) is 27.9. The topological polar surface area (TPSA) is 16.3 Å². The maximum atomic E-state index is 2.80. The van der Waals surface area contributed by atoms with E-state index in [9.17, 15) is 0 Å². The number of benzene rings is 16. The third kappa shape index (κ3) is 12.8. The fourth-order valence-corrected chi connectivity index (χ4v) is 21.1. The predicted octanol–water partition coefficient (Wildman–Crippen LogP) is 30.8. The molecule has 1 aliphatic carbocycles. The zero-order valence-corrected chi connectivity index (χ0v) is 76.3. The van der Waals surface area contributed by atoms with Crippen LogP contribution < -0.4 is 26.2 Å². The van der Waals surface area contributed by atoms with E-state index in [2.05, 4.69) is 489 Å². The van der Waals surface area contributed by atoms with Crippen molar-refractivity contribution in [3.8, 4) is 67.0 Å². The molecule has 18 aromatic rings. The molecule has 4 heterocycles. The molecule has 0 bridgehead atoms. The second kappa shape index (κ2) is 28.9. The molecule has 0 radical (unpaired) electrons. The monoisotopic (exact) mass is 1630 g/mol. The Morgan fingerprint density at radius 1 is 0.222 bits per heavy atom. The van der Waals surface area contributed by atoms with Gasteiger partial charge >= 0.3 is 0 Å². The molecule has 0 atom stereocenters. The van der Waals surface area contributed by atoms with Crippen molar-refractivity contribution in [1.29, 1.82) is 0 Å². The number of rotatable bonds is 10. The molecule has 5 heteroatoms. The number of nitrogens with zero attached hydrogens (tertiary/aromatic N) is 4. The van der Waals surface area contributed by atoms with Gasteiger partial charge in [-0.15, -0.1) is 0 Å². The highest BCUT2D eigenvalue weighted by atomic mass is 15.2. The van der Waals surface area contributed by atoms with E-state index in [0.29, 0.717) is 0 Å². The van der Waals surface area contributed by atoms with E-state index in [-0.39, 0.29) is 39.2 Å². The predicted molar refractivity (Wildman–Crippen MR) is 540 cm³/mol. The van der Waals surface area contributed by atoms with Gasteiger partial charge in [0.05, 0.1) is 38.9 Å². The molecule has 0 unspecified atom stereocenters. The Morgan fingerprint density at radius 3 is 0.794 bits per heavy atom. The molecule has 0 saturated heterocycles. The molecule has 126 heavy (non-hydrogen) atoms. The zero-order valence-electron chi connectivity index (χ0n) is 76.3. The number of hydrogen-bond acceptors (Lipinski definition) is 2. The number of anilines is 6. The lowest BCUT2D eigenvalue weighted by Crippen LogP contribution is -2.61. The van der Waals surface area contributed by atoms with Crippen molar-refractivity contribution in [2.24, 2.45) is 0 Å². The van der Waals surface area contributed by atoms with E-state index < -0.39 is 5.41 Å². The molecular formula is C121H111BN4. The SMILES string of the molecule is CC(C)(C)c1cc(-c2ccccc2)c(N2c3cc(-n4c5ccc(C(C)(C)C)cc5c5cc(C(C)(C)C)ccc54)ccc3B3c4ccc(-n5c6ccc(C(C)(C)C)cc6c6cc(C(C)(C)C)ccc65)cc4N(c4c(-c5ccccc5)cc(C(C)(C)C)cc4-c4ccccc4)c4cc(C5(c6ccccc6)c6ccccc6-c6ccccc65)cc2c43)c(-c2ccccc2)c1. The number of aromatic nitrogens is 2. The number of hydrogen-bond donors (Lipinski definition) is 0. The fourth-order valence-electron chi connectivity index (χ4n) is 21.1. The molecule has 16 aromatic carbocycles. The van der Waals surface area contributed by atoms with Gasteiger partial charge in [0.15, 0.2) is 0 Å². The van der Waals surface area contributed by atoms with Gasteiger partial charge in [-0.05, 0) is 247 Å². The quantitative estimate of drug-likeness (QED) is 0.127. The van der Waals surface area contributed by atoms with Gasteiger partial charge in [-0.25, -0.2) is 0 Å². The average Bonchev–Trinajstić information content (AvgIpc) is 1.12. The van der Waals surface area contributed by atoms with Gasteiger partial charge in [0.2, 0.25) is 0 Å². The lowest BCUT2D eigenvalue weighted by atomic mass is 9.33. The fraction of sp³-hybridized carbons (Fsp3) is 0.207. The van der Waals surface area contributed by atoms with Crippen molar-refractivity contribution in [2.45, 2.75) is 163 Å². The summed E-state index contributed by atoms with van der Waals surface area (Å²) in [5.41, 5.74) is 39.6. The van der Waals surface area contributed by atoms with Crippen LogP contribution >= 0.6 is 0 Å². The van der Waals surface area contributed by atoms with E-state index in [4.69, 9.17) is 0 Å². The highest BCUT2D eigenvalue weighted by molar-refractivity contribution is 7.00. The molecular weight excluding hydrogens is 1520 g/mol. The van der Waals surface area contributed by atoms with Gasteiger partial charge in [-0.3, -0.25) is 0 Å². The van der Waals surface area contributed by atoms with Gasteiger partial charge in [0, 0.05) is 77.9 Å². The second-order valence-corrected chi connectivity index (χ2v) is 42.1. The van der Waals surface area contributed by atoms with E-state index in [1.807, 2.05) is 0 Å². The third-order valence-corrected chi connectivity index (χ3v) is 27.9. The van der Waals surface area contributed by atoms with Gasteiger partial charge in [0.25, 0.3) is 6.71 Å². The van der Waals surface area contributed by atoms with Crippen molar-refractivity contribution < 1.29 is 0 Å². The van der Waals surface area contributed by atoms with Crippen LogP contribution in [0.3, 0.4) is 0 Å². The molecule has 618 valence electrons. The first-order valence-corrected chi connectivity index (χ1v) is 45.4. The van der Waals surface area contributed by atoms with Gasteiger partial charge in [0.1, 0.15) is 0 Å². The van der Waals surface area contributed by atoms with Crippen LogP contribution in [-0.2, 0) is 37.9 Å². The summed E-state index contributed by atoms with van der Waals surface area (Å²) >= 11 is 0. The first-order valence-electron chi connectivity index (χ1n) is 45.4. The molecule has 2 aromatic heterocycles. The van der Waals surface area contributed by atoms with Gasteiger partial charge < -0.3 is 18.9 Å². The molecule has 0 fully saturated rings. The van der Waals surface area contributed by atoms with Crippen molar-refractivity contribution in [3.63, 3.8) is 0 Å². The van der Waals surface area contributed by atoms with Crippen LogP contribution in [0.15, 0.2) is 346 Å². The Hall–Kier alpha value is -13.2. The van der Waals surface area contributed by atoms with Crippen LogP contribution in [0.4, 0.5) is 34.1 Å². The second-order valence-electron chi connectivity index (χ2n) is 42.1. The van der Waals surface area contributed by atoms with Crippen LogP contribution in [0.1, 0.15) is 180 Å². The standard InChI is InChI=1S/C121H111BN4/c1-115(2,3)81-52-60-104-96(64-81)97-65-82(116(4,5)6)53-61-105(97)123(104)88-56-58-102-108(74-88)125(113-92(76-38-24-19-25-39-76)68-85(119(13,14)15)69-93(113)77-40-26-20-27-41-77)110-72-87(121(80-46-32-23-33-47-80)100-50-36-34-48-90(100)91-49-35-37-51-101(91)121)73-111-112(110)122(102)103-59-57-89(124-106-62-54-83(117(7,8)9)66-98(106)99-67-84(118(10,11)12)55-63-107(99)124)75-109(103)126(111)114-94(78-42-28-21-29-43-78)70-86(120(16,17)18)71-95(114)79-44-30-22-31-45-79/h19-75H,1-18H3. The largest absolute Gasteiger partial charge is 0.310 e. The van der Waals surface area contributed by atoms with Crippen molar-refractivity contribution in [2.75, 3.05) is 9.80 Å². The molecule has 2 aliphatic heterocycles. The minimum atomic E-state index is -0.889. The zero-order chi connectivity index (χ0) is 87.2. The van der Waals surface area contributed by atoms with E-state index in [1.54, 1.807) is 0 Å². The summed E-state index contributed by atoms with van der Waals surface area (Å²) in [6.45, 7) is 42.1. The minimum Gasteiger partial charge on any atom is -0.310 e. The molecule has 4 nitrogen and oxygen atoms in total. The van der Waals surface area contributed by atoms with E-state index in [1.165, 1.54) is 121 Å². The van der Waals surface area contributed by atoms with Crippen molar-refractivity contribution in [1.82, 2.24) is 9.13 Å². The molecule has 0 spiro atoms. The molecule has 0 N–H and O–H groups in total. The highest BCUT2D eigenvalue weighted by Crippen LogP contribution is 2.61. The summed E-state index contributed by atoms with van der Waals surface area (Å²) in [5.74, 6) is 0. The Labute approximate surface area is 745 Å². The van der Waals surface area contributed by atoms with E-state index in [0.717, 1.165) is 95.6 Å². The van der Waals surface area contributed by atoms with Crippen LogP contribution in [0.5, 0.6) is 0 Å². The lowest BCUT2D eigenvalue weighted by molar-refractivity contribution is 0.590. The Morgan fingerprint density at radius 2 is 0.500 bits per heavy atom. The first kappa shape index (κ1) is 79.9. The number of fused-ring (bicyclic) bond motifs is 13. The first-order chi connectivity index (χ1) is 60.3. The Bertz CT molecular complexity index is 6740. The maximum absolute atomic E-state index is 2.80. The Kier molecular flexibility index (Phi) is 18.4. The summed E-state index contributed by atoms with van der Waals surface area (Å²) in [6.07, 6.45) is 0.